The molecule has 3 amide bonds. The van der Waals surface area contributed by atoms with Crippen LogP contribution in [0.4, 0.5) is 4.79 Å². The van der Waals surface area contributed by atoms with Crippen molar-refractivity contribution in [3.63, 3.8) is 0 Å². The second kappa shape index (κ2) is 6.82. The van der Waals surface area contributed by atoms with Crippen LogP contribution in [-0.4, -0.2) is 35.2 Å². The number of amides is 3. The van der Waals surface area contributed by atoms with E-state index in [0.29, 0.717) is 12.5 Å². The van der Waals surface area contributed by atoms with Gasteiger partial charge in [0.25, 0.3) is 0 Å². The first-order valence-corrected chi connectivity index (χ1v) is 7.94. The van der Waals surface area contributed by atoms with Crippen LogP contribution in [0, 0.1) is 11.3 Å². The van der Waals surface area contributed by atoms with Crippen LogP contribution in [0.25, 0.3) is 0 Å². The van der Waals surface area contributed by atoms with E-state index >= 15 is 0 Å². The number of nitrogens with zero attached hydrogens (tertiary/aromatic N) is 1. The van der Waals surface area contributed by atoms with Gasteiger partial charge in [-0.25, -0.2) is 4.79 Å². The Morgan fingerprint density at radius 2 is 2.09 bits per heavy atom. The number of urea groups is 1. The van der Waals surface area contributed by atoms with E-state index in [1.54, 1.807) is 11.0 Å². The Balaban J connectivity index is 2.80. The molecule has 126 valence electrons. The lowest BCUT2D eigenvalue weighted by molar-refractivity contribution is -0.121. The molecule has 0 bridgehead atoms. The maximum atomic E-state index is 12.6. The monoisotopic (exact) mass is 310 g/mol. The molecule has 1 fully saturated rings. The number of rotatable bonds is 5. The fraction of sp³-hybridized carbons (Fsp3) is 0.765. The topological polar surface area (TPSA) is 58.6 Å². The van der Waals surface area contributed by atoms with Crippen molar-refractivity contribution < 1.29 is 14.3 Å². The van der Waals surface area contributed by atoms with E-state index in [4.69, 9.17) is 4.74 Å². The van der Waals surface area contributed by atoms with Gasteiger partial charge in [-0.15, -0.1) is 6.58 Å². The van der Waals surface area contributed by atoms with Crippen molar-refractivity contribution in [1.29, 1.82) is 0 Å². The molecule has 0 aromatic carbocycles. The van der Waals surface area contributed by atoms with Crippen LogP contribution in [0.2, 0.25) is 0 Å². The van der Waals surface area contributed by atoms with Gasteiger partial charge in [0.1, 0.15) is 5.72 Å². The highest BCUT2D eigenvalue weighted by Gasteiger charge is 2.45. The summed E-state index contributed by atoms with van der Waals surface area (Å²) in [6.07, 6.45) is 2.90. The van der Waals surface area contributed by atoms with Crippen LogP contribution >= 0.6 is 0 Å². The van der Waals surface area contributed by atoms with Crippen LogP contribution < -0.4 is 5.32 Å². The molecule has 0 aromatic rings. The summed E-state index contributed by atoms with van der Waals surface area (Å²) in [6.45, 7) is 15.9. The van der Waals surface area contributed by atoms with E-state index in [0.717, 1.165) is 6.42 Å². The molecule has 2 atom stereocenters. The third kappa shape index (κ3) is 4.32. The quantitative estimate of drug-likeness (QED) is 0.793. The van der Waals surface area contributed by atoms with Gasteiger partial charge in [-0.2, -0.15) is 0 Å². The lowest BCUT2D eigenvalue weighted by atomic mass is 9.89. The Kier molecular flexibility index (Phi) is 5.79. The standard InChI is InChI=1S/C17H30N2O3/c1-8-12(3)13-11-22-17(6,7)19(13)15(21)18-14(20)10-16(4,5)9-2/h9,12-13H,2,8,10-11H2,1,3-7H3,(H,18,20,21)/t12-,13-/m1/s1. The van der Waals surface area contributed by atoms with Gasteiger partial charge < -0.3 is 4.74 Å². The SMILES string of the molecule is C=CC(C)(C)CC(=O)NC(=O)N1[C@@H]([C@H](C)CC)COC1(C)C. The molecule has 22 heavy (non-hydrogen) atoms. The van der Waals surface area contributed by atoms with Gasteiger partial charge in [0, 0.05) is 6.42 Å². The average molecular weight is 310 g/mol. The molecular weight excluding hydrogens is 280 g/mol. The van der Waals surface area contributed by atoms with E-state index in [-0.39, 0.29) is 29.8 Å². The number of hydrogen-bond acceptors (Lipinski definition) is 3. The number of carbonyl (C=O) groups excluding carboxylic acids is 2. The lowest BCUT2D eigenvalue weighted by Gasteiger charge is -2.35. The summed E-state index contributed by atoms with van der Waals surface area (Å²) < 4.78 is 5.75. The zero-order valence-corrected chi connectivity index (χ0v) is 14.7. The highest BCUT2D eigenvalue weighted by molar-refractivity contribution is 5.95. The van der Waals surface area contributed by atoms with E-state index in [9.17, 15) is 9.59 Å². The number of hydrogen-bond donors (Lipinski definition) is 1. The van der Waals surface area contributed by atoms with Crippen LogP contribution in [0.5, 0.6) is 0 Å². The summed E-state index contributed by atoms with van der Waals surface area (Å²) in [5.74, 6) is 0.0211. The van der Waals surface area contributed by atoms with E-state index in [2.05, 4.69) is 25.7 Å². The van der Waals surface area contributed by atoms with Crippen LogP contribution in [0.1, 0.15) is 54.4 Å². The zero-order chi connectivity index (χ0) is 17.1. The molecule has 1 aliphatic rings. The highest BCUT2D eigenvalue weighted by Crippen LogP contribution is 2.32. The molecule has 0 spiro atoms. The predicted molar refractivity (Wildman–Crippen MR) is 87.2 cm³/mol. The normalized spacial score (nSPS) is 22.3. The van der Waals surface area contributed by atoms with Crippen LogP contribution in [-0.2, 0) is 9.53 Å². The Hall–Kier alpha value is -1.36. The molecule has 1 aliphatic heterocycles. The molecule has 5 heteroatoms. The molecule has 1 N–H and O–H groups in total. The summed E-state index contributed by atoms with van der Waals surface area (Å²) in [7, 11) is 0. The van der Waals surface area contributed by atoms with Gasteiger partial charge in [-0.1, -0.05) is 40.2 Å². The molecule has 0 unspecified atom stereocenters. The second-order valence-electron chi connectivity index (χ2n) is 7.30. The minimum Gasteiger partial charge on any atom is -0.354 e. The van der Waals surface area contributed by atoms with Crippen molar-refractivity contribution in [1.82, 2.24) is 10.2 Å². The van der Waals surface area contributed by atoms with Gasteiger partial charge in [-0.05, 0) is 25.2 Å². The fourth-order valence-electron chi connectivity index (χ4n) is 2.63. The van der Waals surface area contributed by atoms with Crippen LogP contribution in [0.3, 0.4) is 0 Å². The fourth-order valence-corrected chi connectivity index (χ4v) is 2.63. The van der Waals surface area contributed by atoms with Crippen molar-refractivity contribution >= 4 is 11.9 Å². The summed E-state index contributed by atoms with van der Waals surface area (Å²) in [5, 5.41) is 2.50. The Morgan fingerprint density at radius 1 is 1.50 bits per heavy atom. The first kappa shape index (κ1) is 18.7. The minimum atomic E-state index is -0.702. The van der Waals surface area contributed by atoms with Gasteiger partial charge in [0.2, 0.25) is 5.91 Å². The zero-order valence-electron chi connectivity index (χ0n) is 14.7. The van der Waals surface area contributed by atoms with E-state index < -0.39 is 5.72 Å². The number of allylic oxidation sites excluding steroid dienone is 1. The summed E-state index contributed by atoms with van der Waals surface area (Å²) in [5.41, 5.74) is -1.04. The second-order valence-corrected chi connectivity index (χ2v) is 7.30. The summed E-state index contributed by atoms with van der Waals surface area (Å²) in [6, 6.07) is -0.391. The molecular formula is C17H30N2O3. The molecule has 1 heterocycles. The van der Waals surface area contributed by atoms with Crippen molar-refractivity contribution in [3.8, 4) is 0 Å². The number of nitrogens with one attached hydrogen (secondary N) is 1. The van der Waals surface area contributed by atoms with Crippen molar-refractivity contribution in [2.24, 2.45) is 11.3 Å². The molecule has 0 radical (unpaired) electrons. The first-order valence-electron chi connectivity index (χ1n) is 7.94. The largest absolute Gasteiger partial charge is 0.354 e. The molecule has 0 saturated carbocycles. The number of ether oxygens (including phenoxy) is 1. The third-order valence-electron chi connectivity index (χ3n) is 4.45. The van der Waals surface area contributed by atoms with Crippen molar-refractivity contribution in [3.05, 3.63) is 12.7 Å². The van der Waals surface area contributed by atoms with Gasteiger partial charge in [-0.3, -0.25) is 15.0 Å². The van der Waals surface area contributed by atoms with Gasteiger partial charge >= 0.3 is 6.03 Å². The Bertz CT molecular complexity index is 443. The smallest absolute Gasteiger partial charge is 0.326 e. The van der Waals surface area contributed by atoms with Crippen molar-refractivity contribution in [2.45, 2.75) is 66.2 Å². The molecule has 1 rings (SSSR count). The number of carbonyl (C=O) groups is 2. The molecule has 5 nitrogen and oxygen atoms in total. The van der Waals surface area contributed by atoms with E-state index in [1.165, 1.54) is 0 Å². The maximum Gasteiger partial charge on any atom is 0.326 e. The van der Waals surface area contributed by atoms with E-state index in [1.807, 2.05) is 27.7 Å². The highest BCUT2D eigenvalue weighted by atomic mass is 16.5. The number of imide groups is 1. The first-order chi connectivity index (χ1) is 10.0. The molecule has 0 aromatic heterocycles. The average Bonchev–Trinajstić information content (AvgIpc) is 2.72. The summed E-state index contributed by atoms with van der Waals surface area (Å²) >= 11 is 0. The van der Waals surface area contributed by atoms with Crippen LogP contribution in [0.15, 0.2) is 12.7 Å². The minimum absolute atomic E-state index is 0.0137. The van der Waals surface area contributed by atoms with Crippen molar-refractivity contribution in [2.75, 3.05) is 6.61 Å². The Morgan fingerprint density at radius 3 is 2.59 bits per heavy atom. The molecule has 0 aliphatic carbocycles. The Labute approximate surface area is 134 Å². The summed E-state index contributed by atoms with van der Waals surface area (Å²) in [4.78, 5) is 26.3. The van der Waals surface area contributed by atoms with Gasteiger partial charge in [0.15, 0.2) is 0 Å². The predicted octanol–water partition coefficient (Wildman–Crippen LogP) is 3.31. The maximum absolute atomic E-state index is 12.6. The third-order valence-corrected chi connectivity index (χ3v) is 4.45. The lowest BCUT2D eigenvalue weighted by Crippen LogP contribution is -2.55. The molecule has 1 saturated heterocycles. The van der Waals surface area contributed by atoms with Gasteiger partial charge in [0.05, 0.1) is 12.6 Å².